The number of carboxylic acid groups (broad SMARTS) is 2. The van der Waals surface area contributed by atoms with E-state index in [0.717, 1.165) is 12.1 Å². The zero-order valence-corrected chi connectivity index (χ0v) is 12.9. The number of aromatic carboxylic acids is 2. The summed E-state index contributed by atoms with van der Waals surface area (Å²) in [6, 6.07) is 7.91. The summed E-state index contributed by atoms with van der Waals surface area (Å²) in [5, 5.41) is 20.6. The molecule has 6 nitrogen and oxygen atoms in total. The van der Waals surface area contributed by atoms with Crippen molar-refractivity contribution in [2.45, 2.75) is 0 Å². The Morgan fingerprint density at radius 2 is 1.35 bits per heavy atom. The number of nitrogens with one attached hydrogen (secondary N) is 1. The largest absolute Gasteiger partial charge is 0.478 e. The number of rotatable bonds is 4. The predicted molar refractivity (Wildman–Crippen MR) is 84.8 cm³/mol. The second-order valence-corrected chi connectivity index (χ2v) is 5.24. The molecule has 2 aromatic carbocycles. The number of carbonyl (C=O) groups excluding carboxylic acids is 1. The van der Waals surface area contributed by atoms with Gasteiger partial charge in [-0.15, -0.1) is 0 Å². The van der Waals surface area contributed by atoms with E-state index in [-0.39, 0.29) is 32.4 Å². The Morgan fingerprint density at radius 3 is 1.91 bits per heavy atom. The van der Waals surface area contributed by atoms with E-state index >= 15 is 0 Å². The SMILES string of the molecule is O=C(O)c1ccccc1NC(=O)c1cc(Cl)c(Cl)cc1C(=O)O. The molecule has 0 aromatic heterocycles. The zero-order chi connectivity index (χ0) is 17.1. The van der Waals surface area contributed by atoms with Crippen molar-refractivity contribution in [3.63, 3.8) is 0 Å². The minimum atomic E-state index is -1.36. The minimum absolute atomic E-state index is 0.00772. The number of halogens is 2. The molecule has 0 saturated heterocycles. The van der Waals surface area contributed by atoms with E-state index < -0.39 is 17.8 Å². The fourth-order valence-electron chi connectivity index (χ4n) is 1.88. The van der Waals surface area contributed by atoms with Gasteiger partial charge in [0.15, 0.2) is 0 Å². The van der Waals surface area contributed by atoms with Crippen LogP contribution in [0.4, 0.5) is 5.69 Å². The van der Waals surface area contributed by atoms with Crippen LogP contribution in [0, 0.1) is 0 Å². The lowest BCUT2D eigenvalue weighted by Crippen LogP contribution is -2.18. The maximum atomic E-state index is 12.3. The number of carboxylic acids is 2. The average molecular weight is 354 g/mol. The summed E-state index contributed by atoms with van der Waals surface area (Å²) < 4.78 is 0. The van der Waals surface area contributed by atoms with Crippen LogP contribution < -0.4 is 5.32 Å². The summed E-state index contributed by atoms with van der Waals surface area (Å²) in [5.74, 6) is -3.40. The normalized spacial score (nSPS) is 10.2. The van der Waals surface area contributed by atoms with E-state index in [1.165, 1.54) is 24.3 Å². The van der Waals surface area contributed by atoms with E-state index in [2.05, 4.69) is 5.32 Å². The zero-order valence-electron chi connectivity index (χ0n) is 11.3. The molecule has 3 N–H and O–H groups in total. The maximum Gasteiger partial charge on any atom is 0.337 e. The first kappa shape index (κ1) is 16.8. The van der Waals surface area contributed by atoms with Gasteiger partial charge < -0.3 is 15.5 Å². The number of hydrogen-bond acceptors (Lipinski definition) is 3. The van der Waals surface area contributed by atoms with Crippen molar-refractivity contribution in [3.05, 3.63) is 63.1 Å². The van der Waals surface area contributed by atoms with E-state index in [0.29, 0.717) is 0 Å². The molecule has 0 radical (unpaired) electrons. The molecule has 0 saturated carbocycles. The molecule has 2 aromatic rings. The molecule has 118 valence electrons. The van der Waals surface area contributed by atoms with Crippen molar-refractivity contribution in [2.24, 2.45) is 0 Å². The van der Waals surface area contributed by atoms with Crippen molar-refractivity contribution >= 4 is 46.7 Å². The second kappa shape index (κ2) is 6.68. The van der Waals surface area contributed by atoms with Crippen LogP contribution >= 0.6 is 23.2 Å². The number of carbonyl (C=O) groups is 3. The van der Waals surface area contributed by atoms with E-state index in [9.17, 15) is 14.4 Å². The number of para-hydroxylation sites is 1. The van der Waals surface area contributed by atoms with E-state index in [1.807, 2.05) is 0 Å². The van der Waals surface area contributed by atoms with Gasteiger partial charge in [-0.3, -0.25) is 4.79 Å². The Kier molecular flexibility index (Phi) is 4.88. The Labute approximate surface area is 140 Å². The highest BCUT2D eigenvalue weighted by Crippen LogP contribution is 2.27. The van der Waals surface area contributed by atoms with Crippen LogP contribution in [0.2, 0.25) is 10.0 Å². The highest BCUT2D eigenvalue weighted by atomic mass is 35.5. The lowest BCUT2D eigenvalue weighted by molar-refractivity contribution is 0.0684. The van der Waals surface area contributed by atoms with Gasteiger partial charge in [-0.1, -0.05) is 35.3 Å². The highest BCUT2D eigenvalue weighted by Gasteiger charge is 2.20. The summed E-state index contributed by atoms with van der Waals surface area (Å²) in [6.07, 6.45) is 0. The fraction of sp³-hybridized carbons (Fsp3) is 0. The van der Waals surface area contributed by atoms with Crippen LogP contribution in [-0.4, -0.2) is 28.1 Å². The molecule has 0 heterocycles. The lowest BCUT2D eigenvalue weighted by atomic mass is 10.1. The van der Waals surface area contributed by atoms with Crippen LogP contribution in [0.15, 0.2) is 36.4 Å². The van der Waals surface area contributed by atoms with Gasteiger partial charge in [-0.25, -0.2) is 9.59 Å². The smallest absolute Gasteiger partial charge is 0.337 e. The summed E-state index contributed by atoms with van der Waals surface area (Å²) in [4.78, 5) is 34.7. The molecule has 0 unspecified atom stereocenters. The van der Waals surface area contributed by atoms with Crippen LogP contribution in [-0.2, 0) is 0 Å². The first-order valence-electron chi connectivity index (χ1n) is 6.17. The quantitative estimate of drug-likeness (QED) is 0.778. The van der Waals surface area contributed by atoms with Crippen molar-refractivity contribution in [1.29, 1.82) is 0 Å². The molecule has 0 aliphatic heterocycles. The van der Waals surface area contributed by atoms with Crippen LogP contribution in [0.1, 0.15) is 31.1 Å². The highest BCUT2D eigenvalue weighted by molar-refractivity contribution is 6.42. The lowest BCUT2D eigenvalue weighted by Gasteiger charge is -2.11. The Hall–Kier alpha value is -2.57. The molecule has 0 atom stereocenters. The molecular weight excluding hydrogens is 345 g/mol. The molecular formula is C15H9Cl2NO5. The summed E-state index contributed by atoms with van der Waals surface area (Å²) in [7, 11) is 0. The van der Waals surface area contributed by atoms with Crippen molar-refractivity contribution in [3.8, 4) is 0 Å². The topological polar surface area (TPSA) is 104 Å². The second-order valence-electron chi connectivity index (χ2n) is 4.42. The van der Waals surface area contributed by atoms with E-state index in [1.54, 1.807) is 0 Å². The van der Waals surface area contributed by atoms with Gasteiger partial charge in [-0.2, -0.15) is 0 Å². The minimum Gasteiger partial charge on any atom is -0.478 e. The van der Waals surface area contributed by atoms with Crippen LogP contribution in [0.25, 0.3) is 0 Å². The molecule has 2 rings (SSSR count). The summed E-state index contributed by atoms with van der Waals surface area (Å²) in [6.45, 7) is 0. The molecule has 0 fully saturated rings. The standard InChI is InChI=1S/C15H9Cl2NO5/c16-10-5-8(9(15(22)23)6-11(10)17)13(19)18-12-4-2-1-3-7(12)14(20)21/h1-6H,(H,18,19)(H,20,21)(H,22,23). The molecule has 0 bridgehead atoms. The van der Waals surface area contributed by atoms with Crippen LogP contribution in [0.5, 0.6) is 0 Å². The van der Waals surface area contributed by atoms with Gasteiger partial charge in [0.05, 0.1) is 32.4 Å². The fourth-order valence-corrected chi connectivity index (χ4v) is 2.21. The average Bonchev–Trinajstić information content (AvgIpc) is 2.49. The van der Waals surface area contributed by atoms with Gasteiger partial charge in [0.2, 0.25) is 0 Å². The third-order valence-corrected chi connectivity index (χ3v) is 3.66. The predicted octanol–water partition coefficient (Wildman–Crippen LogP) is 3.64. The van der Waals surface area contributed by atoms with Crippen molar-refractivity contribution in [2.75, 3.05) is 5.32 Å². The monoisotopic (exact) mass is 353 g/mol. The molecule has 1 amide bonds. The Morgan fingerprint density at radius 1 is 0.826 bits per heavy atom. The molecule has 0 aliphatic carbocycles. The third kappa shape index (κ3) is 3.61. The molecule has 8 heteroatoms. The molecule has 0 spiro atoms. The number of amides is 1. The van der Waals surface area contributed by atoms with Gasteiger partial charge in [0, 0.05) is 0 Å². The third-order valence-electron chi connectivity index (χ3n) is 2.94. The number of benzene rings is 2. The first-order valence-corrected chi connectivity index (χ1v) is 6.93. The van der Waals surface area contributed by atoms with Crippen molar-refractivity contribution < 1.29 is 24.6 Å². The Bertz CT molecular complexity index is 820. The first-order chi connectivity index (χ1) is 10.8. The van der Waals surface area contributed by atoms with Gasteiger partial charge in [0.25, 0.3) is 5.91 Å². The Balaban J connectivity index is 2.45. The van der Waals surface area contributed by atoms with Gasteiger partial charge in [-0.05, 0) is 24.3 Å². The summed E-state index contributed by atoms with van der Waals surface area (Å²) in [5.41, 5.74) is -0.665. The van der Waals surface area contributed by atoms with Crippen molar-refractivity contribution in [1.82, 2.24) is 0 Å². The number of hydrogen-bond donors (Lipinski definition) is 3. The molecule has 0 aliphatic rings. The number of anilines is 1. The van der Waals surface area contributed by atoms with E-state index in [4.69, 9.17) is 33.4 Å². The van der Waals surface area contributed by atoms with Gasteiger partial charge >= 0.3 is 11.9 Å². The summed E-state index contributed by atoms with van der Waals surface area (Å²) >= 11 is 11.6. The molecule has 23 heavy (non-hydrogen) atoms. The maximum absolute atomic E-state index is 12.3. The van der Waals surface area contributed by atoms with Gasteiger partial charge in [0.1, 0.15) is 0 Å². The van der Waals surface area contributed by atoms with Crippen LogP contribution in [0.3, 0.4) is 0 Å².